The fraction of sp³-hybridized carbons (Fsp3) is 0.429. The molecule has 7 amide bonds. The van der Waals surface area contributed by atoms with E-state index in [0.717, 1.165) is 4.90 Å². The van der Waals surface area contributed by atoms with Gasteiger partial charge in [0.15, 0.2) is 0 Å². The number of anilines is 1. The molecule has 11 nitrogen and oxygen atoms in total. The van der Waals surface area contributed by atoms with Crippen molar-refractivity contribution in [2.24, 2.45) is 11.8 Å². The number of likely N-dealkylation sites (tertiary alicyclic amines) is 2. The number of urea groups is 1. The molecule has 5 rings (SSSR count). The lowest BCUT2D eigenvalue weighted by Crippen LogP contribution is -2.52. The quantitative estimate of drug-likeness (QED) is 0.598. The van der Waals surface area contributed by atoms with Gasteiger partial charge in [0.2, 0.25) is 23.6 Å². The van der Waals surface area contributed by atoms with Crippen LogP contribution in [0.3, 0.4) is 0 Å². The van der Waals surface area contributed by atoms with Gasteiger partial charge in [0.05, 0.1) is 11.8 Å². The van der Waals surface area contributed by atoms with Crippen molar-refractivity contribution in [3.05, 3.63) is 29.3 Å². The number of rotatable bonds is 2. The molecule has 1 unspecified atom stereocenters. The van der Waals surface area contributed by atoms with E-state index in [1.807, 2.05) is 0 Å². The summed E-state index contributed by atoms with van der Waals surface area (Å²) in [6, 6.07) is 3.75. The van der Waals surface area contributed by atoms with E-state index in [1.54, 1.807) is 18.2 Å². The highest BCUT2D eigenvalue weighted by Crippen LogP contribution is 2.33. The first-order valence-corrected chi connectivity index (χ1v) is 10.4. The first-order valence-electron chi connectivity index (χ1n) is 10.4. The molecule has 4 heterocycles. The molecule has 0 aromatic heterocycles. The molecule has 11 heteroatoms. The van der Waals surface area contributed by atoms with E-state index in [4.69, 9.17) is 0 Å². The number of carbonyl (C=O) groups excluding carboxylic acids is 6. The third kappa shape index (κ3) is 3.03. The molecule has 0 aliphatic carbocycles. The van der Waals surface area contributed by atoms with Crippen LogP contribution in [-0.2, 0) is 25.7 Å². The Hall–Kier alpha value is -3.76. The monoisotopic (exact) mass is 439 g/mol. The van der Waals surface area contributed by atoms with Crippen molar-refractivity contribution in [1.29, 1.82) is 0 Å². The van der Waals surface area contributed by atoms with Crippen molar-refractivity contribution in [2.45, 2.75) is 25.4 Å². The summed E-state index contributed by atoms with van der Waals surface area (Å²) >= 11 is 0. The molecule has 4 aliphatic heterocycles. The van der Waals surface area contributed by atoms with Gasteiger partial charge in [-0.1, -0.05) is 0 Å². The van der Waals surface area contributed by atoms with Gasteiger partial charge in [0.25, 0.3) is 5.91 Å². The van der Waals surface area contributed by atoms with Crippen molar-refractivity contribution in [3.8, 4) is 0 Å². The lowest BCUT2D eigenvalue weighted by atomic mass is 10.00. The first-order chi connectivity index (χ1) is 15.2. The third-order valence-electron chi connectivity index (χ3n) is 6.68. The van der Waals surface area contributed by atoms with Crippen molar-refractivity contribution < 1.29 is 28.8 Å². The Balaban J connectivity index is 1.26. The maximum atomic E-state index is 12.8. The molecule has 3 saturated heterocycles. The van der Waals surface area contributed by atoms with E-state index >= 15 is 0 Å². The number of amides is 7. The minimum absolute atomic E-state index is 0.177. The lowest BCUT2D eigenvalue weighted by Gasteiger charge is -2.29. The number of hydrogen-bond donors (Lipinski definition) is 2. The summed E-state index contributed by atoms with van der Waals surface area (Å²) in [5.41, 5.74) is 1.59. The van der Waals surface area contributed by atoms with Crippen molar-refractivity contribution in [2.75, 3.05) is 25.5 Å². The second-order valence-corrected chi connectivity index (χ2v) is 8.56. The van der Waals surface area contributed by atoms with Crippen LogP contribution in [0.25, 0.3) is 0 Å². The Bertz CT molecular complexity index is 1080. The molecule has 3 atom stereocenters. The smallest absolute Gasteiger partial charge is 0.321 e. The van der Waals surface area contributed by atoms with Crippen LogP contribution in [0.1, 0.15) is 28.8 Å². The maximum absolute atomic E-state index is 12.8. The van der Waals surface area contributed by atoms with Gasteiger partial charge in [-0.05, 0) is 30.2 Å². The molecule has 166 valence electrons. The number of imide groups is 2. The van der Waals surface area contributed by atoms with Crippen LogP contribution >= 0.6 is 0 Å². The Kier molecular flexibility index (Phi) is 4.50. The lowest BCUT2D eigenvalue weighted by molar-refractivity contribution is -0.139. The molecule has 1 aromatic rings. The van der Waals surface area contributed by atoms with Crippen LogP contribution in [0.2, 0.25) is 0 Å². The highest BCUT2D eigenvalue weighted by molar-refractivity contribution is 6.07. The number of fused-ring (bicyclic) bond motifs is 2. The molecular formula is C21H21N5O6. The Morgan fingerprint density at radius 1 is 1.06 bits per heavy atom. The van der Waals surface area contributed by atoms with Crippen molar-refractivity contribution >= 4 is 41.3 Å². The van der Waals surface area contributed by atoms with Gasteiger partial charge in [-0.3, -0.25) is 34.2 Å². The summed E-state index contributed by atoms with van der Waals surface area (Å²) in [5, 5.41) is 5.03. The minimum atomic E-state index is -0.706. The minimum Gasteiger partial charge on any atom is -0.323 e. The average molecular weight is 439 g/mol. The summed E-state index contributed by atoms with van der Waals surface area (Å²) in [5.74, 6) is -2.65. The second-order valence-electron chi connectivity index (χ2n) is 8.56. The second kappa shape index (κ2) is 7.14. The van der Waals surface area contributed by atoms with E-state index in [0.29, 0.717) is 16.8 Å². The molecule has 0 spiro atoms. The van der Waals surface area contributed by atoms with Crippen LogP contribution < -0.4 is 10.6 Å². The van der Waals surface area contributed by atoms with E-state index in [1.165, 1.54) is 16.8 Å². The predicted octanol–water partition coefficient (Wildman–Crippen LogP) is -0.474. The standard InChI is InChI=1S/C21H21N5O6/c1-24-18(29)13-8-25(9-14(13)19(24)30)21(32)22-11-2-3-12-10(6-11)7-26(20(12)31)15-4-5-16(27)23-17(15)28/h2-3,6,13-15H,4-5,7-9H2,1H3,(H,22,32)(H,23,27,28)/t13-,14+,15?. The molecular weight excluding hydrogens is 418 g/mol. The Morgan fingerprint density at radius 3 is 2.41 bits per heavy atom. The molecule has 2 N–H and O–H groups in total. The number of carbonyl (C=O) groups is 6. The molecule has 1 aromatic carbocycles. The number of nitrogens with one attached hydrogen (secondary N) is 2. The topological polar surface area (TPSA) is 136 Å². The van der Waals surface area contributed by atoms with Gasteiger partial charge in [-0.2, -0.15) is 0 Å². The van der Waals surface area contributed by atoms with Crippen LogP contribution in [-0.4, -0.2) is 76.4 Å². The fourth-order valence-electron chi connectivity index (χ4n) is 4.93. The summed E-state index contributed by atoms with van der Waals surface area (Å²) in [7, 11) is 1.46. The third-order valence-corrected chi connectivity index (χ3v) is 6.68. The average Bonchev–Trinajstić information content (AvgIpc) is 3.39. The molecule has 0 bridgehead atoms. The van der Waals surface area contributed by atoms with Gasteiger partial charge in [0, 0.05) is 44.4 Å². The van der Waals surface area contributed by atoms with Gasteiger partial charge in [0.1, 0.15) is 6.04 Å². The van der Waals surface area contributed by atoms with Gasteiger partial charge < -0.3 is 15.1 Å². The highest BCUT2D eigenvalue weighted by Gasteiger charge is 2.52. The van der Waals surface area contributed by atoms with Crippen molar-refractivity contribution in [3.63, 3.8) is 0 Å². The summed E-state index contributed by atoms with van der Waals surface area (Å²) in [6.07, 6.45) is 0.453. The van der Waals surface area contributed by atoms with E-state index < -0.39 is 29.8 Å². The van der Waals surface area contributed by atoms with E-state index in [-0.39, 0.29) is 56.1 Å². The number of hydrogen-bond acceptors (Lipinski definition) is 6. The molecule has 4 aliphatic rings. The Morgan fingerprint density at radius 2 is 1.75 bits per heavy atom. The zero-order valence-corrected chi connectivity index (χ0v) is 17.3. The maximum Gasteiger partial charge on any atom is 0.321 e. The van der Waals surface area contributed by atoms with E-state index in [2.05, 4.69) is 10.6 Å². The van der Waals surface area contributed by atoms with E-state index in [9.17, 15) is 28.8 Å². The molecule has 32 heavy (non-hydrogen) atoms. The SMILES string of the molecule is CN1C(=O)[C@H]2CN(C(=O)Nc3ccc4c(c3)CN(C3CCC(=O)NC3=O)C4=O)C[C@H]2C1=O. The van der Waals surface area contributed by atoms with Crippen molar-refractivity contribution in [1.82, 2.24) is 20.0 Å². The number of piperidine rings is 1. The van der Waals surface area contributed by atoms with Crippen LogP contribution in [0.4, 0.5) is 10.5 Å². The normalized spacial score (nSPS) is 27.1. The molecule has 0 radical (unpaired) electrons. The zero-order chi connectivity index (χ0) is 22.7. The van der Waals surface area contributed by atoms with Crippen LogP contribution in [0.15, 0.2) is 18.2 Å². The largest absolute Gasteiger partial charge is 0.323 e. The first kappa shape index (κ1) is 20.2. The fourth-order valence-corrected chi connectivity index (χ4v) is 4.93. The summed E-state index contributed by atoms with van der Waals surface area (Å²) in [4.78, 5) is 77.3. The van der Waals surface area contributed by atoms with Gasteiger partial charge >= 0.3 is 6.03 Å². The highest BCUT2D eigenvalue weighted by atomic mass is 16.2. The Labute approximate surface area is 182 Å². The van der Waals surface area contributed by atoms with Gasteiger partial charge in [-0.25, -0.2) is 4.79 Å². The summed E-state index contributed by atoms with van der Waals surface area (Å²) in [6.45, 7) is 0.559. The summed E-state index contributed by atoms with van der Waals surface area (Å²) < 4.78 is 0. The molecule has 3 fully saturated rings. The van der Waals surface area contributed by atoms with Crippen LogP contribution in [0.5, 0.6) is 0 Å². The number of nitrogens with zero attached hydrogens (tertiary/aromatic N) is 3. The number of benzene rings is 1. The van der Waals surface area contributed by atoms with Gasteiger partial charge in [-0.15, -0.1) is 0 Å². The molecule has 0 saturated carbocycles. The zero-order valence-electron chi connectivity index (χ0n) is 17.3. The predicted molar refractivity (Wildman–Crippen MR) is 108 cm³/mol. The van der Waals surface area contributed by atoms with Crippen LogP contribution in [0, 0.1) is 11.8 Å².